The summed E-state index contributed by atoms with van der Waals surface area (Å²) in [5.74, 6) is 1.90. The Balaban J connectivity index is 1.19. The van der Waals surface area contributed by atoms with Gasteiger partial charge in [-0.15, -0.1) is 0 Å². The Bertz CT molecular complexity index is 2540. The first-order valence-electron chi connectivity index (χ1n) is 16.4. The molecule has 0 amide bonds. The topological polar surface area (TPSA) is 51.8 Å². The van der Waals surface area contributed by atoms with Gasteiger partial charge in [0.2, 0.25) is 0 Å². The Hall–Kier alpha value is -6.65. The molecular weight excluding hydrogens is 599 g/mol. The Morgan fingerprint density at radius 2 is 0.776 bits per heavy atom. The number of rotatable bonds is 6. The van der Waals surface area contributed by atoms with Crippen molar-refractivity contribution in [1.29, 1.82) is 0 Å². The van der Waals surface area contributed by atoms with Crippen LogP contribution in [0.2, 0.25) is 0 Å². The molecule has 9 rings (SSSR count). The number of fused-ring (bicyclic) bond motifs is 3. The minimum absolute atomic E-state index is 0.624. The summed E-state index contributed by atoms with van der Waals surface area (Å²) in [4.78, 5) is 14.8. The maximum absolute atomic E-state index is 6.43. The van der Waals surface area contributed by atoms with Crippen molar-refractivity contribution >= 4 is 21.9 Å². The van der Waals surface area contributed by atoms with Gasteiger partial charge in [-0.25, -0.2) is 15.0 Å². The van der Waals surface area contributed by atoms with Crippen LogP contribution in [0.5, 0.6) is 0 Å². The van der Waals surface area contributed by atoms with E-state index in [9.17, 15) is 0 Å². The molecule has 9 aromatic rings. The van der Waals surface area contributed by atoms with Crippen LogP contribution in [0.1, 0.15) is 0 Å². The molecule has 4 nitrogen and oxygen atoms in total. The lowest BCUT2D eigenvalue weighted by Gasteiger charge is -2.11. The molecule has 0 unspecified atom stereocenters. The second kappa shape index (κ2) is 12.2. The zero-order valence-corrected chi connectivity index (χ0v) is 26.5. The fourth-order valence-electron chi connectivity index (χ4n) is 6.60. The fourth-order valence-corrected chi connectivity index (χ4v) is 6.60. The van der Waals surface area contributed by atoms with Gasteiger partial charge in [-0.05, 0) is 57.6 Å². The van der Waals surface area contributed by atoms with E-state index >= 15 is 0 Å². The lowest BCUT2D eigenvalue weighted by Crippen LogP contribution is -2.00. The number of benzene rings is 7. The summed E-state index contributed by atoms with van der Waals surface area (Å²) < 4.78 is 6.43. The zero-order chi connectivity index (χ0) is 32.6. The molecular formula is C45H29N3O. The molecule has 49 heavy (non-hydrogen) atoms. The van der Waals surface area contributed by atoms with Crippen LogP contribution in [0.4, 0.5) is 0 Å². The highest BCUT2D eigenvalue weighted by Gasteiger charge is 2.17. The second-order valence-electron chi connectivity index (χ2n) is 12.0. The first-order chi connectivity index (χ1) is 24.3. The van der Waals surface area contributed by atoms with Crippen molar-refractivity contribution in [2.45, 2.75) is 0 Å². The first-order valence-corrected chi connectivity index (χ1v) is 16.4. The molecule has 0 aliphatic carbocycles. The third-order valence-electron chi connectivity index (χ3n) is 8.95. The molecule has 0 aliphatic rings. The number of aromatic nitrogens is 3. The standard InChI is InChI=1S/C45H29N3O/c1-4-14-30(15-5-1)36-22-10-11-23-37(36)34-26-27-40-39(29-34)42-38(24-13-25-41(42)49-40)33-20-12-21-35(28-33)45-47-43(31-16-6-2-7-17-31)46-44(48-45)32-18-8-3-9-19-32/h1-29H. The quantitative estimate of drug-likeness (QED) is 0.184. The van der Waals surface area contributed by atoms with Crippen molar-refractivity contribution in [3.63, 3.8) is 0 Å². The van der Waals surface area contributed by atoms with Crippen molar-refractivity contribution < 1.29 is 4.42 Å². The van der Waals surface area contributed by atoms with E-state index in [0.29, 0.717) is 17.5 Å². The number of hydrogen-bond acceptors (Lipinski definition) is 4. The van der Waals surface area contributed by atoms with Gasteiger partial charge in [-0.2, -0.15) is 0 Å². The summed E-state index contributed by atoms with van der Waals surface area (Å²) in [6.45, 7) is 0. The highest BCUT2D eigenvalue weighted by molar-refractivity contribution is 6.13. The lowest BCUT2D eigenvalue weighted by molar-refractivity contribution is 0.669. The van der Waals surface area contributed by atoms with Gasteiger partial charge in [0.15, 0.2) is 17.5 Å². The zero-order valence-electron chi connectivity index (χ0n) is 26.5. The molecule has 4 heteroatoms. The van der Waals surface area contributed by atoms with Crippen molar-refractivity contribution in [2.75, 3.05) is 0 Å². The Kier molecular flexibility index (Phi) is 7.10. The van der Waals surface area contributed by atoms with Crippen LogP contribution < -0.4 is 0 Å². The molecule has 0 atom stereocenters. The monoisotopic (exact) mass is 627 g/mol. The normalized spacial score (nSPS) is 11.3. The summed E-state index contributed by atoms with van der Waals surface area (Å²) in [6, 6.07) is 60.5. The number of nitrogens with zero attached hydrogens (tertiary/aromatic N) is 3. The van der Waals surface area contributed by atoms with Crippen molar-refractivity contribution in [3.05, 3.63) is 176 Å². The van der Waals surface area contributed by atoms with Crippen molar-refractivity contribution in [3.8, 4) is 67.5 Å². The molecule has 0 saturated heterocycles. The first kappa shape index (κ1) is 28.6. The van der Waals surface area contributed by atoms with Gasteiger partial charge in [0.1, 0.15) is 11.2 Å². The van der Waals surface area contributed by atoms with Crippen LogP contribution in [0.15, 0.2) is 180 Å². The smallest absolute Gasteiger partial charge is 0.164 e. The van der Waals surface area contributed by atoms with Gasteiger partial charge in [0, 0.05) is 27.5 Å². The predicted octanol–water partition coefficient (Wildman–Crippen LogP) is 11.8. The van der Waals surface area contributed by atoms with Crippen molar-refractivity contribution in [1.82, 2.24) is 15.0 Å². The van der Waals surface area contributed by atoms with Gasteiger partial charge in [-0.3, -0.25) is 0 Å². The molecule has 230 valence electrons. The molecule has 7 aromatic carbocycles. The van der Waals surface area contributed by atoms with Crippen LogP contribution in [-0.2, 0) is 0 Å². The van der Waals surface area contributed by atoms with Crippen LogP contribution in [-0.4, -0.2) is 15.0 Å². The molecule has 0 aliphatic heterocycles. The Morgan fingerprint density at radius 1 is 0.306 bits per heavy atom. The molecule has 0 saturated carbocycles. The van der Waals surface area contributed by atoms with E-state index in [1.807, 2.05) is 66.7 Å². The predicted molar refractivity (Wildman–Crippen MR) is 200 cm³/mol. The minimum Gasteiger partial charge on any atom is -0.456 e. The maximum atomic E-state index is 6.43. The molecule has 2 aromatic heterocycles. The fraction of sp³-hybridized carbons (Fsp3) is 0. The molecule has 0 N–H and O–H groups in total. The minimum atomic E-state index is 0.624. The van der Waals surface area contributed by atoms with Crippen LogP contribution in [0.25, 0.3) is 89.5 Å². The van der Waals surface area contributed by atoms with Gasteiger partial charge in [-0.1, -0.05) is 152 Å². The number of hydrogen-bond donors (Lipinski definition) is 0. The largest absolute Gasteiger partial charge is 0.456 e. The number of furan rings is 1. The van der Waals surface area contributed by atoms with E-state index in [1.54, 1.807) is 0 Å². The average molecular weight is 628 g/mol. The molecule has 0 fully saturated rings. The van der Waals surface area contributed by atoms with Crippen LogP contribution >= 0.6 is 0 Å². The average Bonchev–Trinajstić information content (AvgIpc) is 3.57. The molecule has 0 spiro atoms. The van der Waals surface area contributed by atoms with Gasteiger partial charge >= 0.3 is 0 Å². The molecule has 0 radical (unpaired) electrons. The second-order valence-corrected chi connectivity index (χ2v) is 12.0. The summed E-state index contributed by atoms with van der Waals surface area (Å²) in [6.07, 6.45) is 0. The van der Waals surface area contributed by atoms with E-state index in [2.05, 4.69) is 109 Å². The third-order valence-corrected chi connectivity index (χ3v) is 8.95. The van der Waals surface area contributed by atoms with Crippen LogP contribution in [0.3, 0.4) is 0 Å². The molecule has 2 heterocycles. The third kappa shape index (κ3) is 5.35. The van der Waals surface area contributed by atoms with Gasteiger partial charge < -0.3 is 4.42 Å². The van der Waals surface area contributed by atoms with Crippen LogP contribution in [0, 0.1) is 0 Å². The molecule has 0 bridgehead atoms. The van der Waals surface area contributed by atoms with Gasteiger partial charge in [0.05, 0.1) is 0 Å². The Labute approximate surface area is 284 Å². The maximum Gasteiger partial charge on any atom is 0.164 e. The van der Waals surface area contributed by atoms with E-state index in [-0.39, 0.29) is 0 Å². The van der Waals surface area contributed by atoms with E-state index in [4.69, 9.17) is 19.4 Å². The Morgan fingerprint density at radius 3 is 1.43 bits per heavy atom. The highest BCUT2D eigenvalue weighted by Crippen LogP contribution is 2.41. The van der Waals surface area contributed by atoms with E-state index in [0.717, 1.165) is 55.3 Å². The SMILES string of the molecule is c1ccc(-c2nc(-c3ccccc3)nc(-c3cccc(-c4cccc5oc6ccc(-c7ccccc7-c7ccccc7)cc6c45)c3)n2)cc1. The van der Waals surface area contributed by atoms with Gasteiger partial charge in [0.25, 0.3) is 0 Å². The van der Waals surface area contributed by atoms with Crippen molar-refractivity contribution in [2.24, 2.45) is 0 Å². The highest BCUT2D eigenvalue weighted by atomic mass is 16.3. The summed E-state index contributed by atoms with van der Waals surface area (Å²) in [5.41, 5.74) is 11.4. The summed E-state index contributed by atoms with van der Waals surface area (Å²) in [5, 5.41) is 2.16. The lowest BCUT2D eigenvalue weighted by atomic mass is 9.93. The van der Waals surface area contributed by atoms with E-state index < -0.39 is 0 Å². The summed E-state index contributed by atoms with van der Waals surface area (Å²) >= 11 is 0. The van der Waals surface area contributed by atoms with E-state index in [1.165, 1.54) is 16.7 Å². The summed E-state index contributed by atoms with van der Waals surface area (Å²) in [7, 11) is 0.